The third kappa shape index (κ3) is 3.63. The predicted molar refractivity (Wildman–Crippen MR) is 70.5 cm³/mol. The molecule has 1 heterocycles. The number of aromatic amines is 1. The van der Waals surface area contributed by atoms with Crippen molar-refractivity contribution in [3.8, 4) is 17.5 Å². The Morgan fingerprint density at radius 2 is 2.14 bits per heavy atom. The van der Waals surface area contributed by atoms with Crippen LogP contribution >= 0.6 is 0 Å². The Kier molecular flexibility index (Phi) is 4.80. The normalized spacial score (nSPS) is 11.4. The quantitative estimate of drug-likeness (QED) is 0.831. The van der Waals surface area contributed by atoms with E-state index in [1.165, 1.54) is 18.2 Å². The van der Waals surface area contributed by atoms with Gasteiger partial charge in [0, 0.05) is 5.56 Å². The highest BCUT2D eigenvalue weighted by atomic mass is 19.4. The highest BCUT2D eigenvalue weighted by molar-refractivity contribution is 5.62. The molecule has 0 spiro atoms. The van der Waals surface area contributed by atoms with Crippen molar-refractivity contribution in [1.29, 1.82) is 5.26 Å². The minimum atomic E-state index is -4.51. The summed E-state index contributed by atoms with van der Waals surface area (Å²) in [4.78, 5) is 5.95. The van der Waals surface area contributed by atoms with Crippen LogP contribution in [0, 0.1) is 11.3 Å². The van der Waals surface area contributed by atoms with Crippen molar-refractivity contribution in [1.82, 2.24) is 9.97 Å². The monoisotopic (exact) mass is 311 g/mol. The van der Waals surface area contributed by atoms with Gasteiger partial charge in [0.05, 0.1) is 37.7 Å². The van der Waals surface area contributed by atoms with Crippen molar-refractivity contribution < 1.29 is 23.0 Å². The van der Waals surface area contributed by atoms with Gasteiger partial charge in [-0.05, 0) is 23.8 Å². The van der Waals surface area contributed by atoms with E-state index in [1.54, 1.807) is 0 Å². The number of nitrogens with zero attached hydrogens (tertiary/aromatic N) is 2. The fourth-order valence-corrected chi connectivity index (χ4v) is 1.86. The lowest BCUT2D eigenvalue weighted by Crippen LogP contribution is -2.05. The Morgan fingerprint density at radius 3 is 2.73 bits per heavy atom. The number of hydrogen-bond donors (Lipinski definition) is 2. The van der Waals surface area contributed by atoms with Crippen molar-refractivity contribution in [2.24, 2.45) is 0 Å². The largest absolute Gasteiger partial charge is 0.432 e. The molecule has 0 atom stereocenters. The van der Waals surface area contributed by atoms with Gasteiger partial charge in [-0.2, -0.15) is 18.4 Å². The van der Waals surface area contributed by atoms with Crippen LogP contribution in [0.2, 0.25) is 0 Å². The minimum absolute atomic E-state index is 0.0411. The lowest BCUT2D eigenvalue weighted by atomic mass is 10.0. The number of imidazole rings is 1. The standard InChI is InChI=1S/C14H12F3N3O2/c15-14(16,17)12-7-19-13(20-12)11-2-1-9(6-18)5-10(11)8-22-4-3-21/h1-2,5,7,21H,3-4,8H2,(H,19,20). The summed E-state index contributed by atoms with van der Waals surface area (Å²) in [5, 5.41) is 17.6. The number of rotatable bonds is 5. The number of nitriles is 1. The molecule has 116 valence electrons. The van der Waals surface area contributed by atoms with Crippen molar-refractivity contribution in [2.45, 2.75) is 12.8 Å². The molecule has 0 aliphatic carbocycles. The average molecular weight is 311 g/mol. The topological polar surface area (TPSA) is 81.9 Å². The number of halogens is 3. The van der Waals surface area contributed by atoms with E-state index in [4.69, 9.17) is 15.1 Å². The zero-order valence-corrected chi connectivity index (χ0v) is 11.3. The first-order chi connectivity index (χ1) is 10.5. The SMILES string of the molecule is N#Cc1ccc(-c2ncc(C(F)(F)F)[nH]2)c(COCCO)c1. The molecule has 1 aromatic carbocycles. The van der Waals surface area contributed by atoms with Gasteiger partial charge in [0.1, 0.15) is 11.5 Å². The van der Waals surface area contributed by atoms with Gasteiger partial charge in [0.25, 0.3) is 0 Å². The number of aromatic nitrogens is 2. The number of aliphatic hydroxyl groups is 1. The summed E-state index contributed by atoms with van der Waals surface area (Å²) < 4.78 is 43.0. The molecule has 0 bridgehead atoms. The molecule has 5 nitrogen and oxygen atoms in total. The van der Waals surface area contributed by atoms with Crippen LogP contribution in [-0.4, -0.2) is 28.3 Å². The number of alkyl halides is 3. The van der Waals surface area contributed by atoms with E-state index < -0.39 is 11.9 Å². The molecular weight excluding hydrogens is 299 g/mol. The lowest BCUT2D eigenvalue weighted by molar-refractivity contribution is -0.140. The molecule has 2 rings (SSSR count). The van der Waals surface area contributed by atoms with Gasteiger partial charge in [-0.1, -0.05) is 0 Å². The molecule has 22 heavy (non-hydrogen) atoms. The summed E-state index contributed by atoms with van der Waals surface area (Å²) in [6.45, 7) is -0.0398. The molecule has 1 aromatic heterocycles. The van der Waals surface area contributed by atoms with E-state index in [1.807, 2.05) is 6.07 Å². The van der Waals surface area contributed by atoms with Crippen LogP contribution in [0.1, 0.15) is 16.8 Å². The van der Waals surface area contributed by atoms with Crippen LogP contribution in [0.25, 0.3) is 11.4 Å². The van der Waals surface area contributed by atoms with E-state index in [0.29, 0.717) is 22.9 Å². The molecule has 0 unspecified atom stereocenters. The first-order valence-electron chi connectivity index (χ1n) is 6.30. The maximum Gasteiger partial charge on any atom is 0.432 e. The Bertz CT molecular complexity index is 689. The summed E-state index contributed by atoms with van der Waals surface area (Å²) in [6.07, 6.45) is -3.79. The summed E-state index contributed by atoms with van der Waals surface area (Å²) in [5.74, 6) is 0.0411. The number of benzene rings is 1. The Hall–Kier alpha value is -2.37. The van der Waals surface area contributed by atoms with Gasteiger partial charge in [-0.25, -0.2) is 4.98 Å². The molecule has 0 aliphatic heterocycles. The highest BCUT2D eigenvalue weighted by Gasteiger charge is 2.33. The van der Waals surface area contributed by atoms with Gasteiger partial charge in [-0.15, -0.1) is 0 Å². The van der Waals surface area contributed by atoms with Crippen LogP contribution < -0.4 is 0 Å². The van der Waals surface area contributed by atoms with Gasteiger partial charge in [0.2, 0.25) is 0 Å². The second kappa shape index (κ2) is 6.60. The number of hydrogen-bond acceptors (Lipinski definition) is 4. The molecule has 0 fully saturated rings. The molecule has 0 radical (unpaired) electrons. The van der Waals surface area contributed by atoms with Crippen molar-refractivity contribution in [3.05, 3.63) is 41.2 Å². The summed E-state index contributed by atoms with van der Waals surface area (Å²) in [6, 6.07) is 6.46. The number of aliphatic hydroxyl groups excluding tert-OH is 1. The molecule has 0 aliphatic rings. The molecule has 0 saturated heterocycles. The lowest BCUT2D eigenvalue weighted by Gasteiger charge is -2.09. The Labute approximate surface area is 124 Å². The second-order valence-corrected chi connectivity index (χ2v) is 4.40. The van der Waals surface area contributed by atoms with E-state index in [2.05, 4.69) is 9.97 Å². The zero-order chi connectivity index (χ0) is 16.2. The van der Waals surface area contributed by atoms with Crippen LogP contribution in [-0.2, 0) is 17.5 Å². The minimum Gasteiger partial charge on any atom is -0.394 e. The van der Waals surface area contributed by atoms with Crippen LogP contribution in [0.3, 0.4) is 0 Å². The smallest absolute Gasteiger partial charge is 0.394 e. The zero-order valence-electron chi connectivity index (χ0n) is 11.3. The predicted octanol–water partition coefficient (Wildman–Crippen LogP) is 2.48. The van der Waals surface area contributed by atoms with Crippen LogP contribution in [0.15, 0.2) is 24.4 Å². The summed E-state index contributed by atoms with van der Waals surface area (Å²) >= 11 is 0. The number of ether oxygens (including phenoxy) is 1. The first kappa shape index (κ1) is 16.0. The number of nitrogens with one attached hydrogen (secondary N) is 1. The first-order valence-corrected chi connectivity index (χ1v) is 6.30. The highest BCUT2D eigenvalue weighted by Crippen LogP contribution is 2.30. The van der Waals surface area contributed by atoms with E-state index in [0.717, 1.165) is 0 Å². The third-order valence-electron chi connectivity index (χ3n) is 2.86. The van der Waals surface area contributed by atoms with E-state index in [9.17, 15) is 13.2 Å². The van der Waals surface area contributed by atoms with Crippen LogP contribution in [0.5, 0.6) is 0 Å². The third-order valence-corrected chi connectivity index (χ3v) is 2.86. The number of H-pyrrole nitrogens is 1. The van der Waals surface area contributed by atoms with Gasteiger partial charge >= 0.3 is 6.18 Å². The van der Waals surface area contributed by atoms with Crippen LogP contribution in [0.4, 0.5) is 13.2 Å². The summed E-state index contributed by atoms with van der Waals surface area (Å²) in [7, 11) is 0. The molecule has 2 aromatic rings. The Morgan fingerprint density at radius 1 is 1.36 bits per heavy atom. The summed E-state index contributed by atoms with van der Waals surface area (Å²) in [5.41, 5.74) is 0.325. The molecule has 0 saturated carbocycles. The molecular formula is C14H12F3N3O2. The molecule has 2 N–H and O–H groups in total. The maximum absolute atomic E-state index is 12.6. The van der Waals surface area contributed by atoms with Crippen molar-refractivity contribution in [2.75, 3.05) is 13.2 Å². The second-order valence-electron chi connectivity index (χ2n) is 4.40. The van der Waals surface area contributed by atoms with Crippen molar-refractivity contribution in [3.63, 3.8) is 0 Å². The van der Waals surface area contributed by atoms with E-state index >= 15 is 0 Å². The average Bonchev–Trinajstić information content (AvgIpc) is 2.97. The fourth-order valence-electron chi connectivity index (χ4n) is 1.86. The fraction of sp³-hybridized carbons (Fsp3) is 0.286. The maximum atomic E-state index is 12.6. The molecule has 8 heteroatoms. The molecule has 0 amide bonds. The van der Waals surface area contributed by atoms with Gasteiger partial charge < -0.3 is 14.8 Å². The Balaban J connectivity index is 2.37. The van der Waals surface area contributed by atoms with Gasteiger partial charge in [0.15, 0.2) is 0 Å². The van der Waals surface area contributed by atoms with Crippen molar-refractivity contribution >= 4 is 0 Å². The van der Waals surface area contributed by atoms with E-state index in [-0.39, 0.29) is 25.6 Å². The van der Waals surface area contributed by atoms with Gasteiger partial charge in [-0.3, -0.25) is 0 Å².